The van der Waals surface area contributed by atoms with Crippen molar-refractivity contribution < 1.29 is 37.3 Å². The number of carbonyl (C=O) groups is 1. The van der Waals surface area contributed by atoms with Crippen LogP contribution in [0.15, 0.2) is 12.2 Å². The largest absolute Gasteiger partial charge is 0.756 e. The van der Waals surface area contributed by atoms with Crippen LogP contribution in [0.5, 0.6) is 0 Å². The van der Waals surface area contributed by atoms with Crippen molar-refractivity contribution in [3.8, 4) is 0 Å². The van der Waals surface area contributed by atoms with Gasteiger partial charge in [-0.1, -0.05) is 96.6 Å². The Morgan fingerprint density at radius 2 is 1.27 bits per heavy atom. The molecule has 0 N–H and O–H groups in total. The molecule has 41 heavy (non-hydrogen) atoms. The first-order valence-electron chi connectivity index (χ1n) is 16.4. The first-order chi connectivity index (χ1) is 19.6. The highest BCUT2D eigenvalue weighted by Gasteiger charge is 2.20. The van der Waals surface area contributed by atoms with Gasteiger partial charge in [0.15, 0.2) is 0 Å². The Morgan fingerprint density at radius 3 is 1.85 bits per heavy atom. The van der Waals surface area contributed by atoms with E-state index in [2.05, 4.69) is 26.0 Å². The summed E-state index contributed by atoms with van der Waals surface area (Å²) in [5.74, 6) is -0.361. The third-order valence-electron chi connectivity index (χ3n) is 6.82. The maximum absolute atomic E-state index is 12.2. The fraction of sp³-hybridized carbons (Fsp3) is 0.906. The van der Waals surface area contributed by atoms with Crippen LogP contribution in [0.1, 0.15) is 129 Å². The van der Waals surface area contributed by atoms with Crippen LogP contribution < -0.4 is 4.89 Å². The van der Waals surface area contributed by atoms with Gasteiger partial charge in [0.05, 0.1) is 34.4 Å². The Kier molecular flexibility index (Phi) is 26.3. The van der Waals surface area contributed by atoms with Crippen molar-refractivity contribution in [3.05, 3.63) is 12.2 Å². The van der Waals surface area contributed by atoms with Crippen molar-refractivity contribution >= 4 is 13.8 Å². The van der Waals surface area contributed by atoms with E-state index in [4.69, 9.17) is 18.5 Å². The van der Waals surface area contributed by atoms with E-state index < -0.39 is 13.9 Å². The van der Waals surface area contributed by atoms with Gasteiger partial charge in [0, 0.05) is 13.0 Å². The predicted molar refractivity (Wildman–Crippen MR) is 167 cm³/mol. The minimum atomic E-state index is -4.49. The summed E-state index contributed by atoms with van der Waals surface area (Å²) in [6, 6.07) is 0. The van der Waals surface area contributed by atoms with Gasteiger partial charge in [-0.15, -0.1) is 0 Å². The van der Waals surface area contributed by atoms with Crippen molar-refractivity contribution in [1.29, 1.82) is 0 Å². The molecule has 8 nitrogen and oxygen atoms in total. The third kappa shape index (κ3) is 30.5. The van der Waals surface area contributed by atoms with Gasteiger partial charge < -0.3 is 27.9 Å². The number of esters is 1. The molecule has 0 radical (unpaired) electrons. The number of unbranched alkanes of at least 4 members (excludes halogenated alkanes) is 14. The highest BCUT2D eigenvalue weighted by Crippen LogP contribution is 2.38. The molecule has 0 bridgehead atoms. The fourth-order valence-corrected chi connectivity index (χ4v) is 4.91. The number of hydrogen-bond donors (Lipinski definition) is 0. The van der Waals surface area contributed by atoms with E-state index in [1.807, 2.05) is 21.1 Å². The lowest BCUT2D eigenvalue weighted by atomic mass is 10.1. The molecule has 244 valence electrons. The number of nitrogens with zero attached hydrogens (tertiary/aromatic N) is 1. The molecule has 0 aromatic carbocycles. The smallest absolute Gasteiger partial charge is 0.306 e. The zero-order valence-electron chi connectivity index (χ0n) is 27.2. The number of phosphoric ester groups is 1. The first-order valence-corrected chi connectivity index (χ1v) is 17.9. The lowest BCUT2D eigenvalue weighted by molar-refractivity contribution is -0.870. The summed E-state index contributed by atoms with van der Waals surface area (Å²) in [7, 11) is 1.35. The molecule has 0 aliphatic carbocycles. The maximum Gasteiger partial charge on any atom is 0.306 e. The number of hydrogen-bond acceptors (Lipinski definition) is 7. The minimum absolute atomic E-state index is 0.0260. The number of allylic oxidation sites excluding steroid dienone is 2. The molecule has 2 atom stereocenters. The Balaban J connectivity index is 4.08. The summed E-state index contributed by atoms with van der Waals surface area (Å²) in [4.78, 5) is 24.4. The van der Waals surface area contributed by atoms with Crippen LogP contribution in [0, 0.1) is 0 Å². The summed E-state index contributed by atoms with van der Waals surface area (Å²) < 4.78 is 33.9. The Bertz CT molecular complexity index is 681. The number of rotatable bonds is 30. The zero-order valence-corrected chi connectivity index (χ0v) is 28.1. The van der Waals surface area contributed by atoms with Gasteiger partial charge in [-0.25, -0.2) is 0 Å². The molecule has 0 heterocycles. The molecular weight excluding hydrogens is 541 g/mol. The van der Waals surface area contributed by atoms with Gasteiger partial charge in [-0.3, -0.25) is 9.36 Å². The SMILES string of the molecule is CCCCCCCC/C=C\CCCCCCCCOCC(COP(=O)([O-])OCC[N+](C)(C)C)OC(=O)CCCCC. The van der Waals surface area contributed by atoms with Crippen LogP contribution in [-0.2, 0) is 27.9 Å². The summed E-state index contributed by atoms with van der Waals surface area (Å²) in [5.41, 5.74) is 0. The molecular formula is C32H64NO7P. The van der Waals surface area contributed by atoms with Gasteiger partial charge in [0.1, 0.15) is 19.3 Å². The van der Waals surface area contributed by atoms with E-state index in [-0.39, 0.29) is 25.8 Å². The number of carbonyl (C=O) groups excluding carboxylic acids is 1. The Labute approximate surface area is 252 Å². The molecule has 0 saturated carbocycles. The zero-order chi connectivity index (χ0) is 30.7. The van der Waals surface area contributed by atoms with Gasteiger partial charge in [-0.05, 0) is 38.5 Å². The van der Waals surface area contributed by atoms with Gasteiger partial charge in [-0.2, -0.15) is 0 Å². The summed E-state index contributed by atoms with van der Waals surface area (Å²) >= 11 is 0. The van der Waals surface area contributed by atoms with Crippen molar-refractivity contribution in [3.63, 3.8) is 0 Å². The van der Waals surface area contributed by atoms with Crippen LogP contribution in [-0.4, -0.2) is 70.7 Å². The molecule has 0 aromatic heterocycles. The molecule has 0 aliphatic heterocycles. The number of likely N-dealkylation sites (N-methyl/N-ethyl adjacent to an activating group) is 1. The molecule has 9 heteroatoms. The molecule has 0 rings (SSSR count). The second-order valence-corrected chi connectivity index (χ2v) is 13.6. The fourth-order valence-electron chi connectivity index (χ4n) is 4.18. The Morgan fingerprint density at radius 1 is 0.732 bits per heavy atom. The van der Waals surface area contributed by atoms with Crippen molar-refractivity contribution in [1.82, 2.24) is 0 Å². The maximum atomic E-state index is 12.2. The van der Waals surface area contributed by atoms with E-state index in [0.29, 0.717) is 24.1 Å². The Hall–Kier alpha value is -0.760. The van der Waals surface area contributed by atoms with E-state index in [9.17, 15) is 14.3 Å². The van der Waals surface area contributed by atoms with Crippen LogP contribution in [0.2, 0.25) is 0 Å². The number of quaternary nitrogens is 1. The summed E-state index contributed by atoms with van der Waals surface area (Å²) in [6.07, 6.45) is 24.3. The average Bonchev–Trinajstić information content (AvgIpc) is 2.90. The number of phosphoric acid groups is 1. The lowest BCUT2D eigenvalue weighted by Gasteiger charge is -2.28. The first kappa shape index (κ1) is 40.2. The molecule has 2 unspecified atom stereocenters. The molecule has 0 spiro atoms. The van der Waals surface area contributed by atoms with Crippen molar-refractivity contribution in [2.24, 2.45) is 0 Å². The van der Waals surface area contributed by atoms with E-state index in [1.165, 1.54) is 77.0 Å². The molecule has 0 aliphatic rings. The summed E-state index contributed by atoms with van der Waals surface area (Å²) in [5, 5.41) is 0. The molecule has 0 aromatic rings. The van der Waals surface area contributed by atoms with Crippen molar-refractivity contribution in [2.75, 3.05) is 54.1 Å². The van der Waals surface area contributed by atoms with E-state index in [1.54, 1.807) is 0 Å². The monoisotopic (exact) mass is 605 g/mol. The highest BCUT2D eigenvalue weighted by atomic mass is 31.2. The second-order valence-electron chi connectivity index (χ2n) is 12.2. The normalized spacial score (nSPS) is 14.4. The second kappa shape index (κ2) is 26.8. The van der Waals surface area contributed by atoms with Crippen LogP contribution >= 0.6 is 7.82 Å². The predicted octanol–water partition coefficient (Wildman–Crippen LogP) is 7.74. The van der Waals surface area contributed by atoms with Crippen LogP contribution in [0.4, 0.5) is 0 Å². The van der Waals surface area contributed by atoms with Gasteiger partial charge in [0.25, 0.3) is 7.82 Å². The quantitative estimate of drug-likeness (QED) is 0.0272. The van der Waals surface area contributed by atoms with Crippen molar-refractivity contribution in [2.45, 2.75) is 136 Å². The number of ether oxygens (including phenoxy) is 2. The molecule has 0 amide bonds. The topological polar surface area (TPSA) is 94.1 Å². The van der Waals surface area contributed by atoms with Gasteiger partial charge in [0.2, 0.25) is 0 Å². The van der Waals surface area contributed by atoms with Crippen LogP contribution in [0.25, 0.3) is 0 Å². The average molecular weight is 606 g/mol. The lowest BCUT2D eigenvalue weighted by Crippen LogP contribution is -2.37. The molecule has 0 fully saturated rings. The molecule has 0 saturated heterocycles. The minimum Gasteiger partial charge on any atom is -0.756 e. The van der Waals surface area contributed by atoms with Gasteiger partial charge >= 0.3 is 5.97 Å². The van der Waals surface area contributed by atoms with Crippen LogP contribution in [0.3, 0.4) is 0 Å². The van der Waals surface area contributed by atoms with E-state index in [0.717, 1.165) is 32.1 Å². The van der Waals surface area contributed by atoms with E-state index >= 15 is 0 Å². The highest BCUT2D eigenvalue weighted by molar-refractivity contribution is 7.45. The third-order valence-corrected chi connectivity index (χ3v) is 7.78. The standard InChI is InChI=1S/C32H64NO7P/c1-6-8-10-11-12-13-14-15-16-17-18-19-20-21-22-24-27-37-29-31(40-32(34)25-23-9-7-2)30-39-41(35,36)38-28-26-33(3,4)5/h15-16,31H,6-14,17-30H2,1-5H3/b16-15-. The summed E-state index contributed by atoms with van der Waals surface area (Å²) in [6.45, 7) is 5.20.